The van der Waals surface area contributed by atoms with Crippen LogP contribution in [0.2, 0.25) is 0 Å². The third-order valence-electron chi connectivity index (χ3n) is 2.45. The molecule has 1 fully saturated rings. The number of benzene rings is 1. The van der Waals surface area contributed by atoms with Crippen molar-refractivity contribution in [1.82, 2.24) is 0 Å². The molecule has 1 heterocycles. The van der Waals surface area contributed by atoms with Crippen molar-refractivity contribution in [3.05, 3.63) is 35.9 Å². The SMILES string of the molecule is O[C@H]1CCO[C@H]1Cc1ccccc1. The minimum atomic E-state index is -0.278. The minimum Gasteiger partial charge on any atom is -0.390 e. The minimum absolute atomic E-state index is 0.00222. The maximum atomic E-state index is 9.53. The van der Waals surface area contributed by atoms with E-state index in [1.165, 1.54) is 5.56 Å². The lowest BCUT2D eigenvalue weighted by molar-refractivity contribution is 0.0430. The summed E-state index contributed by atoms with van der Waals surface area (Å²) in [5.74, 6) is 0. The highest BCUT2D eigenvalue weighted by atomic mass is 16.5. The summed E-state index contributed by atoms with van der Waals surface area (Å²) in [6.45, 7) is 0.693. The normalized spacial score (nSPS) is 27.8. The first-order valence-corrected chi connectivity index (χ1v) is 4.70. The quantitative estimate of drug-likeness (QED) is 0.741. The van der Waals surface area contributed by atoms with Crippen molar-refractivity contribution in [2.45, 2.75) is 25.0 Å². The average molecular weight is 178 g/mol. The van der Waals surface area contributed by atoms with Crippen molar-refractivity contribution in [2.24, 2.45) is 0 Å². The van der Waals surface area contributed by atoms with Crippen molar-refractivity contribution in [1.29, 1.82) is 0 Å². The lowest BCUT2D eigenvalue weighted by Crippen LogP contribution is -2.23. The van der Waals surface area contributed by atoms with Crippen LogP contribution in [0, 0.1) is 0 Å². The fourth-order valence-corrected chi connectivity index (χ4v) is 1.68. The molecule has 13 heavy (non-hydrogen) atoms. The van der Waals surface area contributed by atoms with E-state index in [0.29, 0.717) is 6.61 Å². The van der Waals surface area contributed by atoms with Gasteiger partial charge in [-0.25, -0.2) is 0 Å². The van der Waals surface area contributed by atoms with E-state index in [1.54, 1.807) is 0 Å². The van der Waals surface area contributed by atoms with Crippen LogP contribution in [0.15, 0.2) is 30.3 Å². The standard InChI is InChI=1S/C11H14O2/c12-10-6-7-13-11(10)8-9-4-2-1-3-5-9/h1-5,10-12H,6-8H2/t10-,11-/m0/s1. The molecule has 1 N–H and O–H groups in total. The van der Waals surface area contributed by atoms with E-state index in [-0.39, 0.29) is 12.2 Å². The van der Waals surface area contributed by atoms with Crippen LogP contribution in [-0.2, 0) is 11.2 Å². The van der Waals surface area contributed by atoms with Crippen LogP contribution >= 0.6 is 0 Å². The zero-order valence-corrected chi connectivity index (χ0v) is 7.52. The molecule has 0 saturated carbocycles. The van der Waals surface area contributed by atoms with Gasteiger partial charge in [-0.3, -0.25) is 0 Å². The monoisotopic (exact) mass is 178 g/mol. The molecule has 0 spiro atoms. The molecular weight excluding hydrogens is 164 g/mol. The van der Waals surface area contributed by atoms with Crippen molar-refractivity contribution in [3.8, 4) is 0 Å². The van der Waals surface area contributed by atoms with Gasteiger partial charge in [0, 0.05) is 13.0 Å². The summed E-state index contributed by atoms with van der Waals surface area (Å²) in [5.41, 5.74) is 1.23. The molecule has 1 aromatic carbocycles. The molecule has 0 amide bonds. The molecule has 1 aromatic rings. The predicted molar refractivity (Wildman–Crippen MR) is 50.5 cm³/mol. The maximum absolute atomic E-state index is 9.53. The summed E-state index contributed by atoms with van der Waals surface area (Å²) in [5, 5.41) is 9.53. The van der Waals surface area contributed by atoms with Crippen LogP contribution in [0.4, 0.5) is 0 Å². The molecule has 2 nitrogen and oxygen atoms in total. The van der Waals surface area contributed by atoms with Gasteiger partial charge in [0.1, 0.15) is 0 Å². The van der Waals surface area contributed by atoms with Gasteiger partial charge in [0.25, 0.3) is 0 Å². The van der Waals surface area contributed by atoms with E-state index in [4.69, 9.17) is 4.74 Å². The molecule has 0 bridgehead atoms. The fourth-order valence-electron chi connectivity index (χ4n) is 1.68. The molecule has 1 saturated heterocycles. The Kier molecular flexibility index (Phi) is 2.62. The van der Waals surface area contributed by atoms with Crippen LogP contribution < -0.4 is 0 Å². The highest BCUT2D eigenvalue weighted by Gasteiger charge is 2.25. The largest absolute Gasteiger partial charge is 0.390 e. The van der Waals surface area contributed by atoms with Crippen LogP contribution in [0.5, 0.6) is 0 Å². The van der Waals surface area contributed by atoms with Gasteiger partial charge >= 0.3 is 0 Å². The molecular formula is C11H14O2. The van der Waals surface area contributed by atoms with E-state index in [1.807, 2.05) is 18.2 Å². The lowest BCUT2D eigenvalue weighted by atomic mass is 10.0. The molecule has 1 aliphatic rings. The molecule has 2 atom stereocenters. The topological polar surface area (TPSA) is 29.5 Å². The van der Waals surface area contributed by atoms with Crippen molar-refractivity contribution in [3.63, 3.8) is 0 Å². The van der Waals surface area contributed by atoms with Crippen molar-refractivity contribution < 1.29 is 9.84 Å². The Labute approximate surface area is 78.2 Å². The molecule has 0 unspecified atom stereocenters. The van der Waals surface area contributed by atoms with Gasteiger partial charge in [-0.1, -0.05) is 30.3 Å². The Morgan fingerprint density at radius 3 is 2.69 bits per heavy atom. The van der Waals surface area contributed by atoms with Crippen LogP contribution in [-0.4, -0.2) is 23.9 Å². The molecule has 0 aromatic heterocycles. The van der Waals surface area contributed by atoms with E-state index in [0.717, 1.165) is 12.8 Å². The van der Waals surface area contributed by atoms with E-state index < -0.39 is 0 Å². The summed E-state index contributed by atoms with van der Waals surface area (Å²) in [6.07, 6.45) is 1.32. The van der Waals surface area contributed by atoms with Gasteiger partial charge < -0.3 is 9.84 Å². The highest BCUT2D eigenvalue weighted by molar-refractivity contribution is 5.16. The zero-order chi connectivity index (χ0) is 9.10. The van der Waals surface area contributed by atoms with E-state index in [9.17, 15) is 5.11 Å². The first-order valence-electron chi connectivity index (χ1n) is 4.70. The number of aliphatic hydroxyl groups is 1. The Morgan fingerprint density at radius 2 is 2.08 bits per heavy atom. The molecule has 0 aliphatic carbocycles. The first kappa shape index (κ1) is 8.73. The third kappa shape index (κ3) is 2.08. The molecule has 2 heteroatoms. The van der Waals surface area contributed by atoms with Gasteiger partial charge in [0.2, 0.25) is 0 Å². The highest BCUT2D eigenvalue weighted by Crippen LogP contribution is 2.17. The number of hydrogen-bond acceptors (Lipinski definition) is 2. The van der Waals surface area contributed by atoms with E-state index >= 15 is 0 Å². The van der Waals surface area contributed by atoms with E-state index in [2.05, 4.69) is 12.1 Å². The van der Waals surface area contributed by atoms with Gasteiger partial charge in [-0.05, 0) is 12.0 Å². The molecule has 70 valence electrons. The van der Waals surface area contributed by atoms with Crippen LogP contribution in [0.25, 0.3) is 0 Å². The predicted octanol–water partition coefficient (Wildman–Crippen LogP) is 1.38. The van der Waals surface area contributed by atoms with Crippen molar-refractivity contribution >= 4 is 0 Å². The number of ether oxygens (including phenoxy) is 1. The van der Waals surface area contributed by atoms with Gasteiger partial charge in [-0.15, -0.1) is 0 Å². The number of aliphatic hydroxyl groups excluding tert-OH is 1. The smallest absolute Gasteiger partial charge is 0.0874 e. The lowest BCUT2D eigenvalue weighted by Gasteiger charge is -2.13. The summed E-state index contributed by atoms with van der Waals surface area (Å²) in [4.78, 5) is 0. The summed E-state index contributed by atoms with van der Waals surface area (Å²) < 4.78 is 5.42. The second-order valence-corrected chi connectivity index (χ2v) is 3.45. The van der Waals surface area contributed by atoms with Crippen LogP contribution in [0.1, 0.15) is 12.0 Å². The summed E-state index contributed by atoms with van der Waals surface area (Å²) in [7, 11) is 0. The Morgan fingerprint density at radius 1 is 1.31 bits per heavy atom. The Bertz CT molecular complexity index is 258. The molecule has 2 rings (SSSR count). The summed E-state index contributed by atoms with van der Waals surface area (Å²) in [6, 6.07) is 10.1. The number of rotatable bonds is 2. The Hall–Kier alpha value is -0.860. The second-order valence-electron chi connectivity index (χ2n) is 3.45. The summed E-state index contributed by atoms with van der Waals surface area (Å²) >= 11 is 0. The fraction of sp³-hybridized carbons (Fsp3) is 0.455. The first-order chi connectivity index (χ1) is 6.36. The van der Waals surface area contributed by atoms with Gasteiger partial charge in [0.05, 0.1) is 12.2 Å². The van der Waals surface area contributed by atoms with Gasteiger partial charge in [-0.2, -0.15) is 0 Å². The number of hydrogen-bond donors (Lipinski definition) is 1. The molecule has 0 radical (unpaired) electrons. The maximum Gasteiger partial charge on any atom is 0.0874 e. The zero-order valence-electron chi connectivity index (χ0n) is 7.52. The second kappa shape index (κ2) is 3.90. The third-order valence-corrected chi connectivity index (χ3v) is 2.45. The average Bonchev–Trinajstić information content (AvgIpc) is 2.54. The van der Waals surface area contributed by atoms with Crippen LogP contribution in [0.3, 0.4) is 0 Å². The van der Waals surface area contributed by atoms with Gasteiger partial charge in [0.15, 0.2) is 0 Å². The molecule has 1 aliphatic heterocycles. The van der Waals surface area contributed by atoms with Crippen molar-refractivity contribution in [2.75, 3.05) is 6.61 Å². The Balaban J connectivity index is 1.98.